The largest absolute Gasteiger partial charge is 0.245 e. The summed E-state index contributed by atoms with van der Waals surface area (Å²) >= 11 is 0. The Balaban J connectivity index is 2.17. The lowest BCUT2D eigenvalue weighted by atomic mass is 10.1. The van der Waals surface area contributed by atoms with Crippen molar-refractivity contribution in [3.05, 3.63) is 52.8 Å². The Morgan fingerprint density at radius 2 is 1.85 bits per heavy atom. The van der Waals surface area contributed by atoms with Gasteiger partial charge in [-0.25, -0.2) is 15.4 Å². The molecule has 0 spiro atoms. The summed E-state index contributed by atoms with van der Waals surface area (Å²) < 4.78 is 0. The summed E-state index contributed by atoms with van der Waals surface area (Å²) in [6.45, 7) is 8.01. The van der Waals surface area contributed by atoms with E-state index in [-0.39, 0.29) is 0 Å². The molecule has 0 radical (unpaired) electrons. The minimum atomic E-state index is 0.536. The first-order valence-corrected chi connectivity index (χ1v) is 6.80. The molecule has 1 aromatic heterocycles. The normalized spacial score (nSPS) is 11.5. The molecule has 0 atom stereocenters. The molecule has 0 saturated heterocycles. The van der Waals surface area contributed by atoms with Crippen molar-refractivity contribution >= 4 is 11.7 Å². The van der Waals surface area contributed by atoms with Crippen molar-refractivity contribution in [1.82, 2.24) is 9.97 Å². The van der Waals surface area contributed by atoms with Crippen LogP contribution in [0.4, 0.5) is 5.95 Å². The molecule has 20 heavy (non-hydrogen) atoms. The van der Waals surface area contributed by atoms with E-state index >= 15 is 0 Å². The number of benzene rings is 1. The predicted molar refractivity (Wildman–Crippen MR) is 83.2 cm³/mol. The van der Waals surface area contributed by atoms with Gasteiger partial charge in [0.15, 0.2) is 0 Å². The van der Waals surface area contributed by atoms with Gasteiger partial charge in [-0.1, -0.05) is 25.1 Å². The van der Waals surface area contributed by atoms with Crippen molar-refractivity contribution in [3.8, 4) is 0 Å². The Labute approximate surface area is 120 Å². The maximum atomic E-state index is 4.36. The summed E-state index contributed by atoms with van der Waals surface area (Å²) in [6, 6.07) is 10.3. The first kappa shape index (κ1) is 14.2. The van der Waals surface area contributed by atoms with Crippen LogP contribution in [0, 0.1) is 13.8 Å². The third-order valence-electron chi connectivity index (χ3n) is 3.06. The molecule has 0 aliphatic heterocycles. The summed E-state index contributed by atoms with van der Waals surface area (Å²) in [4.78, 5) is 8.61. The molecule has 0 aliphatic rings. The highest BCUT2D eigenvalue weighted by molar-refractivity contribution is 5.99. The lowest BCUT2D eigenvalue weighted by Crippen LogP contribution is -2.04. The number of hydrazone groups is 1. The quantitative estimate of drug-likeness (QED) is 0.682. The second kappa shape index (κ2) is 6.28. The Morgan fingerprint density at radius 3 is 2.50 bits per heavy atom. The van der Waals surface area contributed by atoms with Crippen LogP contribution >= 0.6 is 0 Å². The van der Waals surface area contributed by atoms with E-state index in [0.29, 0.717) is 5.95 Å². The second-order valence-corrected chi connectivity index (χ2v) is 4.84. The number of aryl methyl sites for hydroxylation is 3. The standard InChI is InChI=1S/C16H20N4/c1-5-14-7-6-8-15(10-14)13(4)19-20-16-17-11(2)9-12(3)18-16/h6-10H,5H2,1-4H3,(H,17,18,20). The third kappa shape index (κ3) is 3.63. The zero-order valence-electron chi connectivity index (χ0n) is 12.4. The molecule has 0 amide bonds. The molecule has 1 N–H and O–H groups in total. The SMILES string of the molecule is CCc1cccc(C(C)=NNc2nc(C)cc(C)n2)c1. The highest BCUT2D eigenvalue weighted by Gasteiger charge is 2.01. The third-order valence-corrected chi connectivity index (χ3v) is 3.06. The minimum absolute atomic E-state index is 0.536. The maximum absolute atomic E-state index is 4.36. The number of anilines is 1. The lowest BCUT2D eigenvalue weighted by Gasteiger charge is -2.05. The number of hydrogen-bond acceptors (Lipinski definition) is 4. The van der Waals surface area contributed by atoms with Crippen LogP contribution in [0.25, 0.3) is 0 Å². The monoisotopic (exact) mass is 268 g/mol. The topological polar surface area (TPSA) is 50.2 Å². The predicted octanol–water partition coefficient (Wildman–Crippen LogP) is 3.49. The van der Waals surface area contributed by atoms with E-state index in [1.165, 1.54) is 5.56 Å². The highest BCUT2D eigenvalue weighted by atomic mass is 15.4. The van der Waals surface area contributed by atoms with Gasteiger partial charge in [-0.2, -0.15) is 5.10 Å². The fourth-order valence-electron chi connectivity index (χ4n) is 1.99. The van der Waals surface area contributed by atoms with Crippen LogP contribution < -0.4 is 5.43 Å². The number of aromatic nitrogens is 2. The van der Waals surface area contributed by atoms with E-state index in [1.54, 1.807) is 0 Å². The van der Waals surface area contributed by atoms with Crippen molar-refractivity contribution < 1.29 is 0 Å². The van der Waals surface area contributed by atoms with Crippen molar-refractivity contribution in [1.29, 1.82) is 0 Å². The van der Waals surface area contributed by atoms with E-state index in [1.807, 2.05) is 26.8 Å². The Morgan fingerprint density at radius 1 is 1.15 bits per heavy atom. The van der Waals surface area contributed by atoms with Crippen LogP contribution in [0.5, 0.6) is 0 Å². The summed E-state index contributed by atoms with van der Waals surface area (Å²) in [5.41, 5.74) is 8.13. The zero-order chi connectivity index (χ0) is 14.5. The molecule has 1 aromatic carbocycles. The van der Waals surface area contributed by atoms with E-state index in [4.69, 9.17) is 0 Å². The zero-order valence-corrected chi connectivity index (χ0v) is 12.4. The molecule has 0 bridgehead atoms. The van der Waals surface area contributed by atoms with E-state index in [0.717, 1.165) is 29.1 Å². The maximum Gasteiger partial charge on any atom is 0.243 e. The molecule has 2 rings (SSSR count). The van der Waals surface area contributed by atoms with E-state index in [9.17, 15) is 0 Å². The summed E-state index contributed by atoms with van der Waals surface area (Å²) in [6.07, 6.45) is 1.02. The van der Waals surface area contributed by atoms with Gasteiger partial charge in [0, 0.05) is 11.4 Å². The van der Waals surface area contributed by atoms with E-state index < -0.39 is 0 Å². The van der Waals surface area contributed by atoms with Crippen LogP contribution in [0.15, 0.2) is 35.4 Å². The van der Waals surface area contributed by atoms with Gasteiger partial charge in [-0.15, -0.1) is 0 Å². The van der Waals surface area contributed by atoms with Crippen LogP contribution in [-0.2, 0) is 6.42 Å². The summed E-state index contributed by atoms with van der Waals surface area (Å²) in [7, 11) is 0. The molecular formula is C16H20N4. The van der Waals surface area contributed by atoms with Crippen molar-refractivity contribution in [2.75, 3.05) is 5.43 Å². The second-order valence-electron chi connectivity index (χ2n) is 4.84. The van der Waals surface area contributed by atoms with Gasteiger partial charge in [-0.05, 0) is 50.5 Å². The highest BCUT2D eigenvalue weighted by Crippen LogP contribution is 2.08. The van der Waals surface area contributed by atoms with Crippen molar-refractivity contribution in [3.63, 3.8) is 0 Å². The Kier molecular flexibility index (Phi) is 4.45. The number of hydrogen-bond donors (Lipinski definition) is 1. The van der Waals surface area contributed by atoms with Crippen LogP contribution in [0.2, 0.25) is 0 Å². The number of nitrogens with zero attached hydrogens (tertiary/aromatic N) is 3. The van der Waals surface area contributed by atoms with Gasteiger partial charge in [0.2, 0.25) is 5.95 Å². The van der Waals surface area contributed by atoms with E-state index in [2.05, 4.69) is 51.7 Å². The first-order valence-electron chi connectivity index (χ1n) is 6.80. The minimum Gasteiger partial charge on any atom is -0.245 e. The molecule has 1 heterocycles. The van der Waals surface area contributed by atoms with Crippen LogP contribution in [-0.4, -0.2) is 15.7 Å². The average molecular weight is 268 g/mol. The van der Waals surface area contributed by atoms with Gasteiger partial charge >= 0.3 is 0 Å². The Bertz CT molecular complexity index is 612. The number of rotatable bonds is 4. The van der Waals surface area contributed by atoms with Gasteiger partial charge < -0.3 is 0 Å². The van der Waals surface area contributed by atoms with Gasteiger partial charge in [0.1, 0.15) is 0 Å². The van der Waals surface area contributed by atoms with Crippen LogP contribution in [0.3, 0.4) is 0 Å². The fraction of sp³-hybridized carbons (Fsp3) is 0.312. The average Bonchev–Trinajstić information content (AvgIpc) is 2.44. The molecular weight excluding hydrogens is 248 g/mol. The molecule has 0 saturated carbocycles. The molecule has 0 aliphatic carbocycles. The smallest absolute Gasteiger partial charge is 0.243 e. The lowest BCUT2D eigenvalue weighted by molar-refractivity contribution is 1.03. The van der Waals surface area contributed by atoms with Crippen LogP contribution in [0.1, 0.15) is 36.4 Å². The number of nitrogens with one attached hydrogen (secondary N) is 1. The first-order chi connectivity index (χ1) is 9.58. The molecule has 0 unspecified atom stereocenters. The molecule has 104 valence electrons. The molecule has 4 nitrogen and oxygen atoms in total. The summed E-state index contributed by atoms with van der Waals surface area (Å²) in [5, 5.41) is 4.36. The molecule has 0 fully saturated rings. The van der Waals surface area contributed by atoms with Gasteiger partial charge in [0.25, 0.3) is 0 Å². The van der Waals surface area contributed by atoms with Crippen molar-refractivity contribution in [2.45, 2.75) is 34.1 Å². The van der Waals surface area contributed by atoms with Gasteiger partial charge in [-0.3, -0.25) is 0 Å². The molecule has 2 aromatic rings. The van der Waals surface area contributed by atoms with Crippen molar-refractivity contribution in [2.24, 2.45) is 5.10 Å². The molecule has 4 heteroatoms. The fourth-order valence-corrected chi connectivity index (χ4v) is 1.99. The summed E-state index contributed by atoms with van der Waals surface area (Å²) in [5.74, 6) is 0.536. The van der Waals surface area contributed by atoms with Gasteiger partial charge in [0.05, 0.1) is 5.71 Å². The Hall–Kier alpha value is -2.23.